The predicted octanol–water partition coefficient (Wildman–Crippen LogP) is 3.52. The smallest absolute Gasteiger partial charge is 0.248 e. The third kappa shape index (κ3) is 4.71. The zero-order chi connectivity index (χ0) is 16.8. The van der Waals surface area contributed by atoms with Crippen LogP contribution in [-0.2, 0) is 6.54 Å². The molecule has 7 heteroatoms. The number of hydrogen-bond donors (Lipinski definition) is 2. The van der Waals surface area contributed by atoms with Gasteiger partial charge in [0.15, 0.2) is 5.96 Å². The molecular weight excluding hydrogens is 326 g/mol. The fraction of sp³-hybridized carbons (Fsp3) is 0.471. The molecule has 0 spiro atoms. The SMILES string of the molecule is NC(=NCc1nc(-c2cccc(Cl)c2)no1)NC1CCCCCC1. The summed E-state index contributed by atoms with van der Waals surface area (Å²) in [5.74, 6) is 1.36. The van der Waals surface area contributed by atoms with Crippen molar-refractivity contribution in [3.8, 4) is 11.4 Å². The molecule has 1 heterocycles. The Labute approximate surface area is 146 Å². The van der Waals surface area contributed by atoms with Gasteiger partial charge in [0.25, 0.3) is 0 Å². The maximum absolute atomic E-state index is 5.98. The highest BCUT2D eigenvalue weighted by Gasteiger charge is 2.13. The lowest BCUT2D eigenvalue weighted by Crippen LogP contribution is -2.39. The molecule has 128 valence electrons. The van der Waals surface area contributed by atoms with Crippen LogP contribution in [0.5, 0.6) is 0 Å². The Kier molecular flexibility index (Phi) is 5.69. The normalized spacial score (nSPS) is 16.8. The number of nitrogens with zero attached hydrogens (tertiary/aromatic N) is 3. The number of aliphatic imine (C=N–C) groups is 1. The van der Waals surface area contributed by atoms with Gasteiger partial charge in [0.1, 0.15) is 6.54 Å². The Morgan fingerprint density at radius 3 is 2.83 bits per heavy atom. The Morgan fingerprint density at radius 1 is 1.29 bits per heavy atom. The number of rotatable bonds is 4. The van der Waals surface area contributed by atoms with Crippen molar-refractivity contribution in [2.24, 2.45) is 10.7 Å². The van der Waals surface area contributed by atoms with Crippen LogP contribution in [0.25, 0.3) is 11.4 Å². The van der Waals surface area contributed by atoms with Crippen LogP contribution in [0.2, 0.25) is 5.02 Å². The van der Waals surface area contributed by atoms with E-state index in [0.717, 1.165) is 18.4 Å². The quantitative estimate of drug-likeness (QED) is 0.501. The highest BCUT2D eigenvalue weighted by atomic mass is 35.5. The summed E-state index contributed by atoms with van der Waals surface area (Å²) in [5.41, 5.74) is 6.78. The van der Waals surface area contributed by atoms with Gasteiger partial charge < -0.3 is 15.6 Å². The molecule has 0 atom stereocenters. The summed E-state index contributed by atoms with van der Waals surface area (Å²) in [6, 6.07) is 7.74. The lowest BCUT2D eigenvalue weighted by Gasteiger charge is -2.16. The maximum atomic E-state index is 5.98. The van der Waals surface area contributed by atoms with Crippen LogP contribution in [0, 0.1) is 0 Å². The van der Waals surface area contributed by atoms with Crippen molar-refractivity contribution in [2.75, 3.05) is 0 Å². The van der Waals surface area contributed by atoms with Gasteiger partial charge in [-0.1, -0.05) is 54.6 Å². The number of halogens is 1. The van der Waals surface area contributed by atoms with Crippen LogP contribution in [0.15, 0.2) is 33.8 Å². The average molecular weight is 348 g/mol. The van der Waals surface area contributed by atoms with Crippen molar-refractivity contribution in [3.05, 3.63) is 35.2 Å². The van der Waals surface area contributed by atoms with E-state index in [1.165, 1.54) is 25.7 Å². The molecule has 3 rings (SSSR count). The number of aromatic nitrogens is 2. The van der Waals surface area contributed by atoms with Crippen LogP contribution in [0.4, 0.5) is 0 Å². The van der Waals surface area contributed by atoms with E-state index in [1.807, 2.05) is 12.1 Å². The molecule has 1 aromatic heterocycles. The van der Waals surface area contributed by atoms with E-state index < -0.39 is 0 Å². The molecule has 0 amide bonds. The molecule has 1 aliphatic rings. The van der Waals surface area contributed by atoms with Gasteiger partial charge in [-0.05, 0) is 25.0 Å². The third-order valence-electron chi connectivity index (χ3n) is 4.14. The van der Waals surface area contributed by atoms with E-state index in [0.29, 0.717) is 28.7 Å². The Bertz CT molecular complexity index is 692. The first-order valence-electron chi connectivity index (χ1n) is 8.36. The zero-order valence-corrected chi connectivity index (χ0v) is 14.3. The summed E-state index contributed by atoms with van der Waals surface area (Å²) in [7, 11) is 0. The molecule has 1 aromatic carbocycles. The second kappa shape index (κ2) is 8.15. The first kappa shape index (κ1) is 16.8. The predicted molar refractivity (Wildman–Crippen MR) is 94.7 cm³/mol. The summed E-state index contributed by atoms with van der Waals surface area (Å²) >= 11 is 5.98. The van der Waals surface area contributed by atoms with Gasteiger partial charge in [-0.3, -0.25) is 0 Å². The minimum atomic E-state index is 0.263. The van der Waals surface area contributed by atoms with E-state index in [1.54, 1.807) is 12.1 Å². The molecule has 1 fully saturated rings. The highest BCUT2D eigenvalue weighted by Crippen LogP contribution is 2.20. The van der Waals surface area contributed by atoms with Crippen molar-refractivity contribution in [3.63, 3.8) is 0 Å². The molecule has 6 nitrogen and oxygen atoms in total. The van der Waals surface area contributed by atoms with Crippen molar-refractivity contribution < 1.29 is 4.52 Å². The summed E-state index contributed by atoms with van der Waals surface area (Å²) in [4.78, 5) is 8.63. The second-order valence-electron chi connectivity index (χ2n) is 6.06. The van der Waals surface area contributed by atoms with Crippen molar-refractivity contribution >= 4 is 17.6 Å². The Balaban J connectivity index is 1.58. The standard InChI is InChI=1S/C17H22ClN5O/c18-13-7-5-6-12(10-13)16-22-15(24-23-16)11-20-17(19)21-14-8-3-1-2-4-9-14/h5-7,10,14H,1-4,8-9,11H2,(H3,19,20,21). The van der Waals surface area contributed by atoms with Gasteiger partial charge in [-0.2, -0.15) is 4.98 Å². The van der Waals surface area contributed by atoms with Crippen molar-refractivity contribution in [1.82, 2.24) is 15.5 Å². The molecule has 1 saturated carbocycles. The molecule has 0 bridgehead atoms. The van der Waals surface area contributed by atoms with Crippen molar-refractivity contribution in [1.29, 1.82) is 0 Å². The zero-order valence-electron chi connectivity index (χ0n) is 13.5. The van der Waals surface area contributed by atoms with Crippen LogP contribution in [-0.4, -0.2) is 22.1 Å². The number of nitrogens with one attached hydrogen (secondary N) is 1. The van der Waals surface area contributed by atoms with E-state index >= 15 is 0 Å². The van der Waals surface area contributed by atoms with E-state index in [-0.39, 0.29) is 6.54 Å². The van der Waals surface area contributed by atoms with E-state index in [4.69, 9.17) is 21.9 Å². The average Bonchev–Trinajstić information content (AvgIpc) is 2.91. The molecule has 2 aromatic rings. The Morgan fingerprint density at radius 2 is 2.08 bits per heavy atom. The molecular formula is C17H22ClN5O. The lowest BCUT2D eigenvalue weighted by molar-refractivity contribution is 0.380. The fourth-order valence-electron chi connectivity index (χ4n) is 2.90. The second-order valence-corrected chi connectivity index (χ2v) is 6.49. The molecule has 3 N–H and O–H groups in total. The molecule has 0 saturated heterocycles. The molecule has 0 unspecified atom stereocenters. The Hall–Kier alpha value is -2.08. The minimum absolute atomic E-state index is 0.263. The third-order valence-corrected chi connectivity index (χ3v) is 4.38. The van der Waals surface area contributed by atoms with Gasteiger partial charge in [-0.25, -0.2) is 4.99 Å². The van der Waals surface area contributed by atoms with E-state index in [9.17, 15) is 0 Å². The summed E-state index contributed by atoms with van der Waals surface area (Å²) in [6.07, 6.45) is 7.41. The summed E-state index contributed by atoms with van der Waals surface area (Å²) in [5, 5.41) is 7.89. The molecule has 24 heavy (non-hydrogen) atoms. The number of hydrogen-bond acceptors (Lipinski definition) is 4. The molecule has 1 aliphatic carbocycles. The van der Waals surface area contributed by atoms with Crippen LogP contribution < -0.4 is 11.1 Å². The van der Waals surface area contributed by atoms with Gasteiger partial charge in [0, 0.05) is 16.6 Å². The fourth-order valence-corrected chi connectivity index (χ4v) is 3.09. The summed E-state index contributed by atoms with van der Waals surface area (Å²) in [6.45, 7) is 0.263. The number of nitrogens with two attached hydrogens (primary N) is 1. The number of benzene rings is 1. The van der Waals surface area contributed by atoms with E-state index in [2.05, 4.69) is 20.4 Å². The first-order chi connectivity index (χ1) is 11.7. The molecule has 0 radical (unpaired) electrons. The number of guanidine groups is 1. The minimum Gasteiger partial charge on any atom is -0.370 e. The van der Waals surface area contributed by atoms with Gasteiger partial charge in [-0.15, -0.1) is 0 Å². The van der Waals surface area contributed by atoms with Crippen LogP contribution in [0.1, 0.15) is 44.4 Å². The van der Waals surface area contributed by atoms with Crippen LogP contribution >= 0.6 is 11.6 Å². The molecule has 0 aliphatic heterocycles. The van der Waals surface area contributed by atoms with Gasteiger partial charge in [0.05, 0.1) is 0 Å². The summed E-state index contributed by atoms with van der Waals surface area (Å²) < 4.78 is 5.22. The van der Waals surface area contributed by atoms with Crippen LogP contribution in [0.3, 0.4) is 0 Å². The topological polar surface area (TPSA) is 89.3 Å². The van der Waals surface area contributed by atoms with Gasteiger partial charge >= 0.3 is 0 Å². The first-order valence-corrected chi connectivity index (χ1v) is 8.73. The van der Waals surface area contributed by atoms with Crippen molar-refractivity contribution in [2.45, 2.75) is 51.1 Å². The monoisotopic (exact) mass is 347 g/mol. The highest BCUT2D eigenvalue weighted by molar-refractivity contribution is 6.30. The largest absolute Gasteiger partial charge is 0.370 e. The van der Waals surface area contributed by atoms with Gasteiger partial charge in [0.2, 0.25) is 11.7 Å². The lowest BCUT2D eigenvalue weighted by atomic mass is 10.1. The maximum Gasteiger partial charge on any atom is 0.248 e.